The lowest BCUT2D eigenvalue weighted by Gasteiger charge is -2.06. The van der Waals surface area contributed by atoms with Gasteiger partial charge >= 0.3 is 0 Å². The second-order valence-electron chi connectivity index (χ2n) is 2.28. The fraction of sp³-hybridized carbons (Fsp3) is 0.222. The predicted octanol–water partition coefficient (Wildman–Crippen LogP) is 2.19. The Morgan fingerprint density at radius 1 is 1.54 bits per heavy atom. The highest BCUT2D eigenvalue weighted by Crippen LogP contribution is 2.25. The van der Waals surface area contributed by atoms with Gasteiger partial charge in [-0.1, -0.05) is 17.7 Å². The third-order valence-electron chi connectivity index (χ3n) is 1.42. The summed E-state index contributed by atoms with van der Waals surface area (Å²) in [7, 11) is 1.51. The van der Waals surface area contributed by atoms with Crippen LogP contribution in [-0.2, 0) is 4.74 Å². The van der Waals surface area contributed by atoms with Gasteiger partial charge in [-0.25, -0.2) is 0 Å². The Morgan fingerprint density at radius 3 is 2.92 bits per heavy atom. The van der Waals surface area contributed by atoms with Gasteiger partial charge in [-0.05, 0) is 12.1 Å². The van der Waals surface area contributed by atoms with Gasteiger partial charge in [-0.2, -0.15) is 5.26 Å². The van der Waals surface area contributed by atoms with Crippen molar-refractivity contribution in [2.24, 2.45) is 0 Å². The van der Waals surface area contributed by atoms with Crippen molar-refractivity contribution in [2.75, 3.05) is 13.9 Å². The van der Waals surface area contributed by atoms with E-state index in [9.17, 15) is 0 Å². The first-order chi connectivity index (χ1) is 6.29. The summed E-state index contributed by atoms with van der Waals surface area (Å²) in [6.45, 7) is 0.106. The molecule has 4 heteroatoms. The topological polar surface area (TPSA) is 42.2 Å². The quantitative estimate of drug-likeness (QED) is 0.698. The Balaban J connectivity index is 2.93. The Labute approximate surface area is 81.4 Å². The number of hydrogen-bond donors (Lipinski definition) is 0. The van der Waals surface area contributed by atoms with Crippen molar-refractivity contribution in [3.8, 4) is 11.8 Å². The van der Waals surface area contributed by atoms with E-state index in [4.69, 9.17) is 26.3 Å². The maximum atomic E-state index is 8.74. The van der Waals surface area contributed by atoms with Crippen molar-refractivity contribution in [3.63, 3.8) is 0 Å². The second kappa shape index (κ2) is 4.70. The van der Waals surface area contributed by atoms with Crippen molar-refractivity contribution in [1.82, 2.24) is 0 Å². The third-order valence-corrected chi connectivity index (χ3v) is 1.73. The summed E-state index contributed by atoms with van der Waals surface area (Å²) in [5, 5.41) is 9.13. The van der Waals surface area contributed by atoms with Crippen molar-refractivity contribution in [3.05, 3.63) is 28.8 Å². The second-order valence-corrected chi connectivity index (χ2v) is 2.68. The molecular weight excluding hydrogens is 190 g/mol. The molecule has 0 aliphatic carbocycles. The summed E-state index contributed by atoms with van der Waals surface area (Å²) in [6, 6.07) is 6.99. The van der Waals surface area contributed by atoms with Crippen LogP contribution in [0.5, 0.6) is 5.75 Å². The lowest BCUT2D eigenvalue weighted by atomic mass is 10.2. The number of nitrogens with zero attached hydrogens (tertiary/aromatic N) is 1. The minimum atomic E-state index is 0.106. The molecule has 1 rings (SSSR count). The number of ether oxygens (including phenoxy) is 2. The van der Waals surface area contributed by atoms with Gasteiger partial charge in [-0.3, -0.25) is 0 Å². The van der Waals surface area contributed by atoms with E-state index in [1.54, 1.807) is 18.2 Å². The van der Waals surface area contributed by atoms with Crippen LogP contribution in [0.15, 0.2) is 18.2 Å². The summed E-state index contributed by atoms with van der Waals surface area (Å²) >= 11 is 5.77. The van der Waals surface area contributed by atoms with Crippen LogP contribution in [0.4, 0.5) is 0 Å². The molecule has 0 unspecified atom stereocenters. The molecule has 3 nitrogen and oxygen atoms in total. The summed E-state index contributed by atoms with van der Waals surface area (Å²) in [4.78, 5) is 0. The monoisotopic (exact) mass is 197 g/mol. The van der Waals surface area contributed by atoms with Gasteiger partial charge in [-0.15, -0.1) is 0 Å². The van der Waals surface area contributed by atoms with E-state index in [2.05, 4.69) is 0 Å². The fourth-order valence-electron chi connectivity index (χ4n) is 0.856. The maximum Gasteiger partial charge on any atom is 0.188 e. The lowest BCUT2D eigenvalue weighted by molar-refractivity contribution is 0.0509. The molecule has 0 saturated heterocycles. The Hall–Kier alpha value is -1.24. The Kier molecular flexibility index (Phi) is 3.56. The smallest absolute Gasteiger partial charge is 0.188 e. The molecule has 0 radical (unpaired) electrons. The van der Waals surface area contributed by atoms with Crippen LogP contribution < -0.4 is 4.74 Å². The van der Waals surface area contributed by atoms with Crippen LogP contribution >= 0.6 is 11.6 Å². The van der Waals surface area contributed by atoms with Gasteiger partial charge in [0.2, 0.25) is 0 Å². The van der Waals surface area contributed by atoms with Gasteiger partial charge in [0.25, 0.3) is 0 Å². The van der Waals surface area contributed by atoms with E-state index in [-0.39, 0.29) is 6.79 Å². The number of halogens is 1. The predicted molar refractivity (Wildman–Crippen MR) is 48.7 cm³/mol. The summed E-state index contributed by atoms with van der Waals surface area (Å²) in [5.41, 5.74) is 0.334. The SMILES string of the molecule is COCOc1cccc(Cl)c1C#N. The fourth-order valence-corrected chi connectivity index (χ4v) is 1.06. The summed E-state index contributed by atoms with van der Waals surface area (Å²) in [5.74, 6) is 0.442. The molecule has 0 heterocycles. The first kappa shape index (κ1) is 9.85. The Bertz CT molecular complexity index is 333. The highest BCUT2D eigenvalue weighted by molar-refractivity contribution is 6.31. The van der Waals surface area contributed by atoms with Gasteiger partial charge in [0.1, 0.15) is 17.4 Å². The first-order valence-electron chi connectivity index (χ1n) is 3.60. The van der Waals surface area contributed by atoms with E-state index < -0.39 is 0 Å². The molecule has 1 aromatic carbocycles. The van der Waals surface area contributed by atoms with Gasteiger partial charge in [0.05, 0.1) is 5.02 Å². The van der Waals surface area contributed by atoms with E-state index in [1.807, 2.05) is 6.07 Å². The van der Waals surface area contributed by atoms with Crippen molar-refractivity contribution >= 4 is 11.6 Å². The number of methoxy groups -OCH3 is 1. The molecule has 0 N–H and O–H groups in total. The zero-order valence-corrected chi connectivity index (χ0v) is 7.84. The number of nitriles is 1. The molecule has 0 aromatic heterocycles. The van der Waals surface area contributed by atoms with Crippen LogP contribution in [0.2, 0.25) is 5.02 Å². The molecule has 0 saturated carbocycles. The summed E-state index contributed by atoms with van der Waals surface area (Å²) in [6.07, 6.45) is 0. The molecule has 0 bridgehead atoms. The summed E-state index contributed by atoms with van der Waals surface area (Å²) < 4.78 is 9.84. The van der Waals surface area contributed by atoms with Gasteiger partial charge in [0, 0.05) is 7.11 Å². The lowest BCUT2D eigenvalue weighted by Crippen LogP contribution is -2.00. The molecule has 0 fully saturated rings. The van der Waals surface area contributed by atoms with Crippen LogP contribution in [0, 0.1) is 11.3 Å². The molecule has 1 aromatic rings. The van der Waals surface area contributed by atoms with E-state index in [0.29, 0.717) is 16.3 Å². The highest BCUT2D eigenvalue weighted by Gasteiger charge is 2.06. The van der Waals surface area contributed by atoms with Crippen molar-refractivity contribution in [2.45, 2.75) is 0 Å². The van der Waals surface area contributed by atoms with Gasteiger partial charge in [0.15, 0.2) is 6.79 Å². The number of benzene rings is 1. The van der Waals surface area contributed by atoms with E-state index >= 15 is 0 Å². The van der Waals surface area contributed by atoms with E-state index in [1.165, 1.54) is 7.11 Å². The zero-order chi connectivity index (χ0) is 9.68. The number of hydrogen-bond acceptors (Lipinski definition) is 3. The molecule has 13 heavy (non-hydrogen) atoms. The highest BCUT2D eigenvalue weighted by atomic mass is 35.5. The first-order valence-corrected chi connectivity index (χ1v) is 3.97. The Morgan fingerprint density at radius 2 is 2.31 bits per heavy atom. The van der Waals surface area contributed by atoms with Crippen LogP contribution in [-0.4, -0.2) is 13.9 Å². The number of rotatable bonds is 3. The van der Waals surface area contributed by atoms with Crippen LogP contribution in [0.1, 0.15) is 5.56 Å². The van der Waals surface area contributed by atoms with Crippen LogP contribution in [0.25, 0.3) is 0 Å². The third kappa shape index (κ3) is 2.35. The maximum absolute atomic E-state index is 8.74. The molecule has 0 aliphatic heterocycles. The largest absolute Gasteiger partial charge is 0.466 e. The standard InChI is InChI=1S/C9H8ClNO2/c1-12-6-13-9-4-2-3-8(10)7(9)5-11/h2-4H,6H2,1H3. The molecular formula is C9H8ClNO2. The van der Waals surface area contributed by atoms with Gasteiger partial charge < -0.3 is 9.47 Å². The van der Waals surface area contributed by atoms with Crippen LogP contribution in [0.3, 0.4) is 0 Å². The molecule has 68 valence electrons. The normalized spacial score (nSPS) is 9.31. The van der Waals surface area contributed by atoms with Crippen molar-refractivity contribution in [1.29, 1.82) is 5.26 Å². The minimum Gasteiger partial charge on any atom is -0.466 e. The minimum absolute atomic E-state index is 0.106. The molecule has 0 amide bonds. The molecule has 0 atom stereocenters. The van der Waals surface area contributed by atoms with E-state index in [0.717, 1.165) is 0 Å². The molecule has 0 aliphatic rings. The van der Waals surface area contributed by atoms with Crippen molar-refractivity contribution < 1.29 is 9.47 Å². The average molecular weight is 198 g/mol. The zero-order valence-electron chi connectivity index (χ0n) is 7.08. The molecule has 0 spiro atoms. The average Bonchev–Trinajstić information content (AvgIpc) is 2.15.